The van der Waals surface area contributed by atoms with Gasteiger partial charge in [0.15, 0.2) is 88.6 Å². The third-order valence-corrected chi connectivity index (χ3v) is 24.0. The van der Waals surface area contributed by atoms with Gasteiger partial charge in [-0.05, 0) is 147 Å². The molecule has 0 saturated heterocycles. The highest BCUT2D eigenvalue weighted by atomic mass is 32.2. The lowest BCUT2D eigenvalue weighted by Crippen LogP contribution is -2.33. The molecular formula is C96H124F4N24O16S4. The van der Waals surface area contributed by atoms with Gasteiger partial charge in [0.25, 0.3) is 0 Å². The van der Waals surface area contributed by atoms with E-state index in [0.29, 0.717) is 16.7 Å². The number of rotatable bonds is 40. The SMILES string of the molecule is [2H]C([2H])(CO)O[C@@]1([2H])C([2H])([2H])[C@@]([2H])(n2nnc3c(N[C@H]4[C@H](c5ccc(C)c(F)c5)C4([2H])[2H])nc(SC([2H])([2H])C([2H])([2H])C)nc32)[C@]([2H])(O)[C@]1([2H])O.[2H]C([2H])(O)CO[C@@]1([2H])C([2H])([2H])[C@@]([2H])(n2nnc3c(N[C@H]4[C@H](c5ccc(C)c(F)c5)C4([2H])[2H])nc(SC([2H])([2H])C([2H])([2H])C)nc32)[C@]([2H])(O)[C@]1([2H])O.[2H]C1([2H])[C@@H](Nc2nc(SC([2H])([2H])C([2H])([2H])C)nc3c2nnn3[C@]2([2H])C([2H])([2H])[C@]([2H])(OC([2H])([2H])C([2H])([2H])O)[C@@]([2H])(O)[C@@]2([2H])O)[C@@H]1c1ccc(C)c(F)c1.[2H]C1([2H])[C@@H](Nc2nc(SC([2H])([2H])C([2H])([2H])C)nc3c2nnn3[C@]2([2H])C([2H])([2H])[C@]([2H])(OCCO)[C@@]([2H])(O)[C@@]2([2H])O)[C@@H]1c1ccc(C)c(F)c1. The molecule has 24 atom stereocenters. The van der Waals surface area contributed by atoms with Gasteiger partial charge in [-0.25, -0.2) is 76.2 Å². The van der Waals surface area contributed by atoms with E-state index in [0.717, 1.165) is 45.9 Å². The Hall–Kier alpha value is -9.52. The molecule has 48 heteroatoms. The van der Waals surface area contributed by atoms with Crippen molar-refractivity contribution in [2.75, 3.05) is 96.8 Å². The first-order valence-electron chi connectivity index (χ1n) is 70.3. The number of nitrogens with zero attached hydrogens (tertiary/aromatic N) is 20. The van der Waals surface area contributed by atoms with Gasteiger partial charge >= 0.3 is 0 Å². The van der Waals surface area contributed by atoms with Crippen molar-refractivity contribution >= 4 is 115 Å². The van der Waals surface area contributed by atoms with Gasteiger partial charge in [0.05, 0.1) is 134 Å². The van der Waals surface area contributed by atoms with Crippen molar-refractivity contribution < 1.29 is 175 Å². The van der Waals surface area contributed by atoms with Crippen LogP contribution in [0.25, 0.3) is 44.7 Å². The van der Waals surface area contributed by atoms with Crippen LogP contribution in [0.1, 0.15) is 273 Å². The minimum atomic E-state index is -4.41. The van der Waals surface area contributed by atoms with Crippen LogP contribution in [0.3, 0.4) is 0 Å². The third-order valence-electron chi connectivity index (χ3n) is 21.3. The normalized spacial score (nSPS) is 45.5. The molecule has 8 saturated carbocycles. The molecule has 8 heterocycles. The maximum atomic E-state index is 14.4. The van der Waals surface area contributed by atoms with Gasteiger partial charge in [0, 0.05) is 140 Å². The summed E-state index contributed by atoms with van der Waals surface area (Å²) in [6.45, 7) is -9.89. The number of thioether (sulfide) groups is 4. The van der Waals surface area contributed by atoms with E-state index in [2.05, 4.69) is 112 Å². The molecule has 0 amide bonds. The first kappa shape index (κ1) is 56.2. The lowest BCUT2D eigenvalue weighted by molar-refractivity contribution is -0.0629. The summed E-state index contributed by atoms with van der Waals surface area (Å²) in [5, 5.41) is 165. The van der Waals surface area contributed by atoms with Crippen molar-refractivity contribution in [3.8, 4) is 0 Å². The Kier molecular flexibility index (Phi) is 18.5. The second-order valence-electron chi connectivity index (χ2n) is 30.8. The number of benzene rings is 4. The summed E-state index contributed by atoms with van der Waals surface area (Å²) in [6.07, 6.45) is -83.5. The zero-order valence-electron chi connectivity index (χ0n) is 131. The van der Waals surface area contributed by atoms with Crippen LogP contribution < -0.4 is 21.3 Å². The van der Waals surface area contributed by atoms with E-state index < -0.39 is 409 Å². The van der Waals surface area contributed by atoms with Crippen molar-refractivity contribution in [1.82, 2.24) is 99.8 Å². The first-order chi connectivity index (χ1) is 89.7. The van der Waals surface area contributed by atoms with E-state index >= 15 is 0 Å². The van der Waals surface area contributed by atoms with Gasteiger partial charge in [-0.3, -0.25) is 0 Å². The average Bonchev–Trinajstić information content (AvgIpc) is 1.47. The fraction of sp³-hybridized carbons (Fsp3) is 0.583. The van der Waals surface area contributed by atoms with E-state index in [4.69, 9.17) is 86.2 Å². The summed E-state index contributed by atoms with van der Waals surface area (Å²) in [5.74, 6) is -8.15. The van der Waals surface area contributed by atoms with E-state index in [1.165, 1.54) is 82.3 Å². The molecule has 4 aromatic carbocycles. The first-order valence-corrected chi connectivity index (χ1v) is 45.5. The van der Waals surface area contributed by atoms with Crippen molar-refractivity contribution in [3.63, 3.8) is 0 Å². The van der Waals surface area contributed by atoms with Crippen LogP contribution in [0.4, 0.5) is 40.8 Å². The van der Waals surface area contributed by atoms with Crippen molar-refractivity contribution in [1.29, 1.82) is 0 Å². The number of hydrogen-bond acceptors (Lipinski definition) is 40. The van der Waals surface area contributed by atoms with Gasteiger partial charge in [0.2, 0.25) is 0 Å². The molecule has 0 radical (unpaired) electrons. The summed E-state index contributed by atoms with van der Waals surface area (Å²) < 4.78 is 541. The molecule has 8 aliphatic rings. The second kappa shape index (κ2) is 47.3. The minimum Gasteiger partial charge on any atom is -0.394 e. The number of aryl methyl sites for hydroxylation is 4. The second-order valence-corrected chi connectivity index (χ2v) is 33.9. The molecule has 20 rings (SSSR count). The predicted octanol–water partition coefficient (Wildman–Crippen LogP) is 8.73. The van der Waals surface area contributed by atoms with Crippen LogP contribution in [0.2, 0.25) is 0 Å². The molecule has 40 nitrogen and oxygen atoms in total. The van der Waals surface area contributed by atoms with E-state index in [1.807, 2.05) is 0 Å². The summed E-state index contributed by atoms with van der Waals surface area (Å²) in [6, 6.07) is -3.76. The Labute approximate surface area is 922 Å². The molecular weight excluding hydrogens is 1950 g/mol. The number of fused-ring (bicyclic) bond motifs is 4. The highest BCUT2D eigenvalue weighted by Gasteiger charge is 2.51. The molecule has 0 bridgehead atoms. The van der Waals surface area contributed by atoms with Gasteiger partial charge in [-0.2, -0.15) is 0 Å². The number of anilines is 4. The Morgan fingerprint density at radius 1 is 0.347 bits per heavy atom. The highest BCUT2D eigenvalue weighted by molar-refractivity contribution is 7.99. The van der Waals surface area contributed by atoms with Crippen LogP contribution in [0, 0.1) is 51.0 Å². The van der Waals surface area contributed by atoms with Crippen LogP contribution >= 0.6 is 47.0 Å². The van der Waals surface area contributed by atoms with Crippen LogP contribution in [0.5, 0.6) is 0 Å². The Morgan fingerprint density at radius 2 is 0.604 bits per heavy atom. The van der Waals surface area contributed by atoms with Crippen molar-refractivity contribution in [3.05, 3.63) is 141 Å². The number of ether oxygens (including phenoxy) is 4. The zero-order valence-corrected chi connectivity index (χ0v) is 78.7. The molecule has 0 aliphatic heterocycles. The lowest BCUT2D eigenvalue weighted by atomic mass is 10.1. The van der Waals surface area contributed by atoms with Gasteiger partial charge in [-0.15, -0.1) is 20.4 Å². The number of aliphatic hydroxyl groups is 12. The zero-order chi connectivity index (χ0) is 152. The topological polar surface area (TPSA) is 554 Å². The number of halogens is 4. The number of aromatic nitrogens is 20. The van der Waals surface area contributed by atoms with Gasteiger partial charge in [-0.1, -0.05) is 144 Å². The Balaban J connectivity index is 0.000000173. The van der Waals surface area contributed by atoms with Crippen molar-refractivity contribution in [2.24, 2.45) is 0 Å². The molecule has 8 fully saturated rings. The van der Waals surface area contributed by atoms with Crippen LogP contribution in [0.15, 0.2) is 93.4 Å². The predicted molar refractivity (Wildman–Crippen MR) is 530 cm³/mol. The minimum absolute atomic E-state index is 0.0287. The monoisotopic (exact) mass is 2130 g/mol. The number of hydrogen-bond donors (Lipinski definition) is 16. The van der Waals surface area contributed by atoms with Gasteiger partial charge < -0.3 is 101 Å². The largest absolute Gasteiger partial charge is 0.394 e. The van der Waals surface area contributed by atoms with Crippen LogP contribution in [-0.2, 0) is 18.9 Å². The molecule has 8 aliphatic carbocycles. The molecule has 776 valence electrons. The van der Waals surface area contributed by atoms with Gasteiger partial charge in [0.1, 0.15) is 71.9 Å². The fourth-order valence-electron chi connectivity index (χ4n) is 13.9. The molecule has 0 spiro atoms. The van der Waals surface area contributed by atoms with Crippen molar-refractivity contribution in [2.45, 2.75) is 297 Å². The summed E-state index contributed by atoms with van der Waals surface area (Å²) in [4.78, 5) is 32.7. The van der Waals surface area contributed by atoms with E-state index in [1.54, 1.807) is 0 Å². The molecule has 16 N–H and O–H groups in total. The summed E-state index contributed by atoms with van der Waals surface area (Å²) >= 11 is 0.367. The van der Waals surface area contributed by atoms with E-state index in [9.17, 15) is 78.8 Å². The quantitative estimate of drug-likeness (QED) is 0.00969. The number of nitrogens with one attached hydrogen (secondary N) is 4. The molecule has 0 unspecified atom stereocenters. The molecule has 144 heavy (non-hydrogen) atoms. The Bertz CT molecular complexity index is 9470. The lowest BCUT2D eigenvalue weighted by Gasteiger charge is -2.17. The highest BCUT2D eigenvalue weighted by Crippen LogP contribution is 2.50. The summed E-state index contributed by atoms with van der Waals surface area (Å²) in [7, 11) is 0. The average molecular weight is 2130 g/mol. The maximum Gasteiger partial charge on any atom is 0.191 e. The van der Waals surface area contributed by atoms with E-state index in [-0.39, 0.29) is 93.6 Å². The fourth-order valence-corrected chi connectivity index (χ4v) is 15.8. The smallest absolute Gasteiger partial charge is 0.191 e. The summed E-state index contributed by atoms with van der Waals surface area (Å²) in [5.41, 5.74) is -14.3. The molecule has 8 aromatic heterocycles. The number of aliphatic hydroxyl groups excluding tert-OH is 2. The standard InChI is InChI=1S/4C24H31FN6O4S/c4*1-3-8-36-24-27-22(26-16-10-14(16)13-5-4-12(2)15(25)9-13)19-23(28-24)31(30-29-19)17-11-18(35-7-6-32)21(34)20(17)33/h4*4-5,9,14,16-18,20-21,32-34H,3,6-8,10-11H2,1-2H3,(H,26,27,28)/t4*14-,16+,17+,18-,20-,21+/m0000/s1/i3D2,6D2,7D2,8D2,10D2,11D2,17D,18D,20D,21D;3D2,7D2,8D2,10D2,11D2,17D,18D,20D,21D;3D2,6D2,8D2,10D2,11D2,17D,18D,20D,21D;3D2,8D2,10D2,11D2,17D,18D,20D,21D. The molecule has 12 aromatic rings. The van der Waals surface area contributed by atoms with Crippen LogP contribution in [-0.4, -0.2) is 334 Å². The third kappa shape index (κ3) is 23.8. The Morgan fingerprint density at radius 3 is 0.840 bits per heavy atom. The maximum absolute atomic E-state index is 14.4.